The SMILES string of the molecule is COc1ccc2c(c1)c(C(CN1C(O)c3ccccc3C1O)C(=O)O)c(C)n2C(=O)c1ccc(Cl)cc1. The monoisotopic (exact) mass is 520 g/mol. The first kappa shape index (κ1) is 25.0. The van der Waals surface area contributed by atoms with E-state index in [1.807, 2.05) is 0 Å². The Morgan fingerprint density at radius 3 is 2.19 bits per heavy atom. The van der Waals surface area contributed by atoms with Gasteiger partial charge < -0.3 is 20.1 Å². The maximum atomic E-state index is 13.6. The molecule has 0 saturated carbocycles. The van der Waals surface area contributed by atoms with Gasteiger partial charge in [-0.05, 0) is 55.0 Å². The number of carboxylic acid groups (broad SMARTS) is 1. The predicted octanol–water partition coefficient (Wildman–Crippen LogP) is 4.47. The second-order valence-electron chi connectivity index (χ2n) is 8.99. The molecule has 0 radical (unpaired) electrons. The molecule has 1 aromatic heterocycles. The van der Waals surface area contributed by atoms with Gasteiger partial charge in [0.1, 0.15) is 18.2 Å². The van der Waals surface area contributed by atoms with Crippen LogP contribution in [0.25, 0.3) is 10.9 Å². The number of nitrogens with zero attached hydrogens (tertiary/aromatic N) is 2. The third-order valence-electron chi connectivity index (χ3n) is 6.97. The molecule has 5 rings (SSSR count). The molecule has 1 aliphatic rings. The van der Waals surface area contributed by atoms with Crippen LogP contribution in [-0.4, -0.2) is 50.3 Å². The molecule has 0 saturated heterocycles. The first-order chi connectivity index (χ1) is 17.7. The summed E-state index contributed by atoms with van der Waals surface area (Å²) in [6.45, 7) is 1.50. The van der Waals surface area contributed by atoms with Crippen LogP contribution in [0.15, 0.2) is 66.7 Å². The smallest absolute Gasteiger partial charge is 0.312 e. The van der Waals surface area contributed by atoms with Gasteiger partial charge in [0.15, 0.2) is 0 Å². The Morgan fingerprint density at radius 1 is 1.00 bits per heavy atom. The maximum absolute atomic E-state index is 13.6. The van der Waals surface area contributed by atoms with E-state index in [-0.39, 0.29) is 12.5 Å². The number of aliphatic hydroxyl groups is 2. The van der Waals surface area contributed by atoms with Crippen molar-refractivity contribution in [1.82, 2.24) is 9.47 Å². The number of ether oxygens (including phenoxy) is 1. The van der Waals surface area contributed by atoms with Crippen molar-refractivity contribution in [2.24, 2.45) is 0 Å². The minimum atomic E-state index is -1.17. The summed E-state index contributed by atoms with van der Waals surface area (Å²) in [4.78, 5) is 27.6. The van der Waals surface area contributed by atoms with Crippen LogP contribution in [-0.2, 0) is 4.79 Å². The highest BCUT2D eigenvalue weighted by atomic mass is 35.5. The predicted molar refractivity (Wildman–Crippen MR) is 138 cm³/mol. The van der Waals surface area contributed by atoms with Crippen LogP contribution >= 0.6 is 11.6 Å². The fourth-order valence-corrected chi connectivity index (χ4v) is 5.27. The van der Waals surface area contributed by atoms with E-state index in [1.165, 1.54) is 16.6 Å². The van der Waals surface area contributed by atoms with E-state index in [0.717, 1.165) is 0 Å². The van der Waals surface area contributed by atoms with E-state index in [9.17, 15) is 24.9 Å². The number of carboxylic acids is 1. The lowest BCUT2D eigenvalue weighted by molar-refractivity contribution is -0.142. The number of carbonyl (C=O) groups excluding carboxylic acids is 1. The highest BCUT2D eigenvalue weighted by molar-refractivity contribution is 6.30. The van der Waals surface area contributed by atoms with Crippen molar-refractivity contribution in [2.75, 3.05) is 13.7 Å². The number of hydrogen-bond donors (Lipinski definition) is 3. The number of hydrogen-bond acceptors (Lipinski definition) is 6. The molecule has 3 atom stereocenters. The number of benzene rings is 3. The molecule has 0 aliphatic carbocycles. The normalized spacial score (nSPS) is 18.1. The van der Waals surface area contributed by atoms with Crippen molar-refractivity contribution in [2.45, 2.75) is 25.3 Å². The lowest BCUT2D eigenvalue weighted by atomic mass is 9.95. The fraction of sp³-hybridized carbons (Fsp3) is 0.214. The van der Waals surface area contributed by atoms with Crippen LogP contribution in [0.2, 0.25) is 5.02 Å². The average molecular weight is 521 g/mol. The van der Waals surface area contributed by atoms with E-state index >= 15 is 0 Å². The van der Waals surface area contributed by atoms with Crippen molar-refractivity contribution in [1.29, 1.82) is 0 Å². The third kappa shape index (κ3) is 4.18. The van der Waals surface area contributed by atoms with E-state index in [0.29, 0.717) is 49.6 Å². The van der Waals surface area contributed by atoms with Crippen molar-refractivity contribution in [3.63, 3.8) is 0 Å². The Kier molecular flexibility index (Phi) is 6.51. The second-order valence-corrected chi connectivity index (χ2v) is 9.43. The topological polar surface area (TPSA) is 112 Å². The fourth-order valence-electron chi connectivity index (χ4n) is 5.15. The lowest BCUT2D eigenvalue weighted by Gasteiger charge is -2.27. The minimum Gasteiger partial charge on any atom is -0.497 e. The highest BCUT2D eigenvalue weighted by Crippen LogP contribution is 2.42. The number of carbonyl (C=O) groups is 2. The van der Waals surface area contributed by atoms with Crippen LogP contribution in [0.5, 0.6) is 5.75 Å². The molecular weight excluding hydrogens is 496 g/mol. The molecular formula is C28H25ClN2O6. The zero-order chi connectivity index (χ0) is 26.4. The molecule has 0 amide bonds. The van der Waals surface area contributed by atoms with E-state index in [2.05, 4.69) is 0 Å². The zero-order valence-electron chi connectivity index (χ0n) is 20.1. The number of aromatic nitrogens is 1. The van der Waals surface area contributed by atoms with Crippen LogP contribution in [0.1, 0.15) is 51.1 Å². The summed E-state index contributed by atoms with van der Waals surface area (Å²) in [7, 11) is 1.51. The maximum Gasteiger partial charge on any atom is 0.312 e. The molecule has 37 heavy (non-hydrogen) atoms. The number of aliphatic carboxylic acids is 1. The Morgan fingerprint density at radius 2 is 1.62 bits per heavy atom. The summed E-state index contributed by atoms with van der Waals surface area (Å²) in [5.74, 6) is -2.16. The van der Waals surface area contributed by atoms with Crippen LogP contribution in [0.4, 0.5) is 0 Å². The van der Waals surface area contributed by atoms with Gasteiger partial charge in [0.05, 0.1) is 18.5 Å². The molecule has 3 unspecified atom stereocenters. The Balaban J connectivity index is 1.64. The zero-order valence-corrected chi connectivity index (χ0v) is 20.9. The first-order valence-corrected chi connectivity index (χ1v) is 12.0. The molecule has 3 N–H and O–H groups in total. The molecule has 0 fully saturated rings. The average Bonchev–Trinajstić information content (AvgIpc) is 3.31. The molecule has 0 spiro atoms. The highest BCUT2D eigenvalue weighted by Gasteiger charge is 2.40. The molecule has 9 heteroatoms. The van der Waals surface area contributed by atoms with Crippen LogP contribution in [0.3, 0.4) is 0 Å². The quantitative estimate of drug-likeness (QED) is 0.344. The van der Waals surface area contributed by atoms with Gasteiger partial charge in [-0.25, -0.2) is 4.90 Å². The summed E-state index contributed by atoms with van der Waals surface area (Å²) in [6.07, 6.45) is -2.35. The molecule has 2 heterocycles. The lowest BCUT2D eigenvalue weighted by Crippen LogP contribution is -2.34. The van der Waals surface area contributed by atoms with Gasteiger partial charge in [-0.1, -0.05) is 35.9 Å². The van der Waals surface area contributed by atoms with Crippen LogP contribution < -0.4 is 4.74 Å². The Bertz CT molecular complexity index is 1480. The van der Waals surface area contributed by atoms with Crippen molar-refractivity contribution in [3.8, 4) is 5.75 Å². The van der Waals surface area contributed by atoms with Gasteiger partial charge >= 0.3 is 5.97 Å². The number of methoxy groups -OCH3 is 1. The number of rotatable bonds is 6. The molecule has 1 aliphatic heterocycles. The number of halogens is 1. The molecule has 190 valence electrons. The summed E-state index contributed by atoms with van der Waals surface area (Å²) in [5, 5.41) is 33.2. The summed E-state index contributed by atoms with van der Waals surface area (Å²) < 4.78 is 6.87. The van der Waals surface area contributed by atoms with E-state index in [1.54, 1.807) is 73.7 Å². The number of aliphatic hydroxyl groups excluding tert-OH is 2. The minimum absolute atomic E-state index is 0.196. The summed E-state index contributed by atoms with van der Waals surface area (Å²) in [5.41, 5.74) is 2.80. The summed E-state index contributed by atoms with van der Waals surface area (Å²) in [6, 6.07) is 18.5. The standard InChI is InChI=1S/C28H25ClN2O6/c1-15-24(22(28(35)36)14-30-26(33)19-5-3-4-6-20(19)27(30)34)21-13-18(37-2)11-12-23(21)31(15)25(32)16-7-9-17(29)10-8-16/h3-13,22,26-27,33-34H,14H2,1-2H3,(H,35,36). The van der Waals surface area contributed by atoms with Gasteiger partial charge in [0.2, 0.25) is 0 Å². The third-order valence-corrected chi connectivity index (χ3v) is 7.23. The first-order valence-electron chi connectivity index (χ1n) is 11.7. The number of fused-ring (bicyclic) bond motifs is 2. The van der Waals surface area contributed by atoms with Gasteiger partial charge in [0.25, 0.3) is 5.91 Å². The second kappa shape index (κ2) is 9.64. The molecule has 4 aromatic rings. The van der Waals surface area contributed by atoms with Crippen molar-refractivity contribution in [3.05, 3.63) is 99.7 Å². The van der Waals surface area contributed by atoms with Gasteiger partial charge in [0, 0.05) is 39.3 Å². The van der Waals surface area contributed by atoms with E-state index < -0.39 is 24.3 Å². The summed E-state index contributed by atoms with van der Waals surface area (Å²) >= 11 is 6.00. The van der Waals surface area contributed by atoms with Crippen molar-refractivity contribution >= 4 is 34.4 Å². The molecule has 8 nitrogen and oxygen atoms in total. The van der Waals surface area contributed by atoms with Gasteiger partial charge in [-0.3, -0.25) is 14.2 Å². The largest absolute Gasteiger partial charge is 0.497 e. The molecule has 0 bridgehead atoms. The Hall–Kier alpha value is -3.69. The van der Waals surface area contributed by atoms with E-state index in [4.69, 9.17) is 16.3 Å². The molecule has 3 aromatic carbocycles. The van der Waals surface area contributed by atoms with Gasteiger partial charge in [-0.2, -0.15) is 0 Å². The van der Waals surface area contributed by atoms with Crippen LogP contribution in [0, 0.1) is 6.92 Å². The Labute approximate surface area is 217 Å². The van der Waals surface area contributed by atoms with Crippen molar-refractivity contribution < 1.29 is 29.6 Å². The van der Waals surface area contributed by atoms with Gasteiger partial charge in [-0.15, -0.1) is 0 Å².